The van der Waals surface area contributed by atoms with Crippen LogP contribution in [-0.2, 0) is 10.3 Å². The molecule has 0 saturated carbocycles. The van der Waals surface area contributed by atoms with E-state index in [2.05, 4.69) is 32.6 Å². The predicted molar refractivity (Wildman–Crippen MR) is 86.5 cm³/mol. The molecule has 2 heteroatoms. The number of hydrogen-bond donors (Lipinski definition) is 0. The van der Waals surface area contributed by atoms with Gasteiger partial charge in [0.1, 0.15) is 11.9 Å². The summed E-state index contributed by atoms with van der Waals surface area (Å²) in [4.78, 5) is 0. The van der Waals surface area contributed by atoms with E-state index in [-0.39, 0.29) is 11.7 Å². The van der Waals surface area contributed by atoms with E-state index in [1.165, 1.54) is 0 Å². The van der Waals surface area contributed by atoms with Crippen LogP contribution in [0.4, 0.5) is 0 Å². The van der Waals surface area contributed by atoms with Crippen LogP contribution in [0, 0.1) is 0 Å². The molecular formula is C19H22O2. The van der Waals surface area contributed by atoms with Crippen molar-refractivity contribution in [2.75, 3.05) is 7.11 Å². The van der Waals surface area contributed by atoms with E-state index < -0.39 is 0 Å². The molecular weight excluding hydrogens is 260 g/mol. The van der Waals surface area contributed by atoms with Gasteiger partial charge < -0.3 is 9.47 Å². The van der Waals surface area contributed by atoms with Crippen molar-refractivity contribution in [2.45, 2.75) is 25.6 Å². The molecule has 0 spiro atoms. The number of rotatable bonds is 6. The first-order valence-electron chi connectivity index (χ1n) is 7.06. The summed E-state index contributed by atoms with van der Waals surface area (Å²) >= 11 is 0. The van der Waals surface area contributed by atoms with E-state index in [9.17, 15) is 0 Å². The first kappa shape index (κ1) is 15.3. The number of benzene rings is 2. The molecule has 21 heavy (non-hydrogen) atoms. The molecule has 2 aromatic carbocycles. The van der Waals surface area contributed by atoms with Crippen LogP contribution in [0.15, 0.2) is 67.3 Å². The molecule has 0 saturated heterocycles. The highest BCUT2D eigenvalue weighted by Gasteiger charge is 2.25. The average Bonchev–Trinajstić information content (AvgIpc) is 2.53. The van der Waals surface area contributed by atoms with Gasteiger partial charge in [0, 0.05) is 0 Å². The van der Waals surface area contributed by atoms with Crippen LogP contribution in [-0.4, -0.2) is 7.11 Å². The maximum absolute atomic E-state index is 6.27. The summed E-state index contributed by atoms with van der Waals surface area (Å²) in [6, 6.07) is 18.1. The van der Waals surface area contributed by atoms with Crippen molar-refractivity contribution in [3.63, 3.8) is 0 Å². The number of methoxy groups -OCH3 is 1. The normalized spacial score (nSPS) is 12.7. The second kappa shape index (κ2) is 6.59. The van der Waals surface area contributed by atoms with Gasteiger partial charge in [-0.3, -0.25) is 0 Å². The highest BCUT2D eigenvalue weighted by molar-refractivity contribution is 5.30. The lowest BCUT2D eigenvalue weighted by molar-refractivity contribution is -0.0572. The van der Waals surface area contributed by atoms with Crippen LogP contribution in [0.5, 0.6) is 5.75 Å². The van der Waals surface area contributed by atoms with E-state index in [4.69, 9.17) is 9.47 Å². The molecule has 0 aliphatic rings. The van der Waals surface area contributed by atoms with E-state index in [1.807, 2.05) is 48.5 Å². The zero-order valence-corrected chi connectivity index (χ0v) is 12.9. The van der Waals surface area contributed by atoms with Gasteiger partial charge in [-0.2, -0.15) is 0 Å². The SMILES string of the molecule is C=C[C@@H](OC(C)(C)c1ccccc1)c1ccc(OC)cc1. The fourth-order valence-corrected chi connectivity index (χ4v) is 2.27. The molecule has 2 aromatic rings. The summed E-state index contributed by atoms with van der Waals surface area (Å²) in [5, 5.41) is 0. The van der Waals surface area contributed by atoms with Gasteiger partial charge in [0.15, 0.2) is 0 Å². The maximum atomic E-state index is 6.27. The summed E-state index contributed by atoms with van der Waals surface area (Å²) in [6.07, 6.45) is 1.66. The Hall–Kier alpha value is -2.06. The highest BCUT2D eigenvalue weighted by Crippen LogP contribution is 2.32. The van der Waals surface area contributed by atoms with Crippen LogP contribution in [0.2, 0.25) is 0 Å². The molecule has 0 aliphatic heterocycles. The largest absolute Gasteiger partial charge is 0.497 e. The molecule has 2 rings (SSSR count). The minimum Gasteiger partial charge on any atom is -0.497 e. The summed E-state index contributed by atoms with van der Waals surface area (Å²) in [5.41, 5.74) is 1.82. The summed E-state index contributed by atoms with van der Waals surface area (Å²) < 4.78 is 11.5. The standard InChI is InChI=1S/C19H22O2/c1-5-18(15-11-13-17(20-4)14-12-15)21-19(2,3)16-9-7-6-8-10-16/h5-14,18H,1H2,2-4H3/t18-/m1/s1. The van der Waals surface area contributed by atoms with Gasteiger partial charge in [0.2, 0.25) is 0 Å². The fraction of sp³-hybridized carbons (Fsp3) is 0.263. The summed E-state index contributed by atoms with van der Waals surface area (Å²) in [7, 11) is 1.66. The zero-order valence-electron chi connectivity index (χ0n) is 12.9. The Bertz CT molecular complexity index is 570. The first-order chi connectivity index (χ1) is 10.1. The molecule has 0 radical (unpaired) electrons. The molecule has 0 bridgehead atoms. The molecule has 0 N–H and O–H groups in total. The monoisotopic (exact) mass is 282 g/mol. The summed E-state index contributed by atoms with van der Waals surface area (Å²) in [5.74, 6) is 0.837. The second-order valence-corrected chi connectivity index (χ2v) is 5.42. The molecule has 0 aromatic heterocycles. The van der Waals surface area contributed by atoms with Gasteiger partial charge in [-0.1, -0.05) is 48.5 Å². The Labute approximate surface area is 127 Å². The lowest BCUT2D eigenvalue weighted by Crippen LogP contribution is -2.23. The van der Waals surface area contributed by atoms with Crippen molar-refractivity contribution in [1.82, 2.24) is 0 Å². The topological polar surface area (TPSA) is 18.5 Å². The van der Waals surface area contributed by atoms with E-state index in [0.717, 1.165) is 16.9 Å². The zero-order chi connectivity index (χ0) is 15.3. The first-order valence-corrected chi connectivity index (χ1v) is 7.06. The van der Waals surface area contributed by atoms with E-state index in [0.29, 0.717) is 0 Å². The van der Waals surface area contributed by atoms with Gasteiger partial charge in [0.25, 0.3) is 0 Å². The maximum Gasteiger partial charge on any atom is 0.118 e. The van der Waals surface area contributed by atoms with Crippen molar-refractivity contribution < 1.29 is 9.47 Å². The predicted octanol–water partition coefficient (Wildman–Crippen LogP) is 4.87. The van der Waals surface area contributed by atoms with E-state index >= 15 is 0 Å². The Morgan fingerprint density at radius 3 is 2.14 bits per heavy atom. The van der Waals surface area contributed by atoms with Gasteiger partial charge in [-0.05, 0) is 37.1 Å². The van der Waals surface area contributed by atoms with Crippen molar-refractivity contribution in [2.24, 2.45) is 0 Å². The van der Waals surface area contributed by atoms with Crippen molar-refractivity contribution >= 4 is 0 Å². The molecule has 2 nitrogen and oxygen atoms in total. The number of hydrogen-bond acceptors (Lipinski definition) is 2. The molecule has 1 atom stereocenters. The Morgan fingerprint density at radius 1 is 1.00 bits per heavy atom. The van der Waals surface area contributed by atoms with Crippen LogP contribution in [0.3, 0.4) is 0 Å². The summed E-state index contributed by atoms with van der Waals surface area (Å²) in [6.45, 7) is 8.05. The van der Waals surface area contributed by atoms with Crippen molar-refractivity contribution in [3.05, 3.63) is 78.4 Å². The second-order valence-electron chi connectivity index (χ2n) is 5.42. The smallest absolute Gasteiger partial charge is 0.118 e. The van der Waals surface area contributed by atoms with Crippen LogP contribution in [0.25, 0.3) is 0 Å². The fourth-order valence-electron chi connectivity index (χ4n) is 2.27. The number of ether oxygens (including phenoxy) is 2. The van der Waals surface area contributed by atoms with Crippen LogP contribution >= 0.6 is 0 Å². The lowest BCUT2D eigenvalue weighted by atomic mass is 9.97. The van der Waals surface area contributed by atoms with E-state index in [1.54, 1.807) is 7.11 Å². The molecule has 0 aliphatic carbocycles. The van der Waals surface area contributed by atoms with Gasteiger partial charge in [-0.15, -0.1) is 6.58 Å². The minimum atomic E-state index is -0.389. The van der Waals surface area contributed by atoms with Crippen LogP contribution < -0.4 is 4.74 Å². The molecule has 0 heterocycles. The molecule has 110 valence electrons. The minimum absolute atomic E-state index is 0.161. The van der Waals surface area contributed by atoms with Gasteiger partial charge >= 0.3 is 0 Å². The van der Waals surface area contributed by atoms with Crippen LogP contribution in [0.1, 0.15) is 31.1 Å². The molecule has 0 amide bonds. The average molecular weight is 282 g/mol. The highest BCUT2D eigenvalue weighted by atomic mass is 16.5. The van der Waals surface area contributed by atoms with Gasteiger partial charge in [0.05, 0.1) is 12.7 Å². The Balaban J connectivity index is 2.20. The Morgan fingerprint density at radius 2 is 1.62 bits per heavy atom. The van der Waals surface area contributed by atoms with Crippen molar-refractivity contribution in [3.8, 4) is 5.75 Å². The third-order valence-electron chi connectivity index (χ3n) is 3.55. The molecule has 0 fully saturated rings. The third kappa shape index (κ3) is 3.73. The molecule has 0 unspecified atom stereocenters. The lowest BCUT2D eigenvalue weighted by Gasteiger charge is -2.30. The quantitative estimate of drug-likeness (QED) is 0.703. The van der Waals surface area contributed by atoms with Crippen molar-refractivity contribution in [1.29, 1.82) is 0 Å². The Kier molecular flexibility index (Phi) is 4.81. The third-order valence-corrected chi connectivity index (χ3v) is 3.55. The van der Waals surface area contributed by atoms with Gasteiger partial charge in [-0.25, -0.2) is 0 Å².